The molecule has 0 radical (unpaired) electrons. The van der Waals surface area contributed by atoms with Crippen LogP contribution < -0.4 is 5.73 Å². The number of nitrogens with two attached hydrogens (primary N) is 1. The minimum Gasteiger partial charge on any atom is -0.335 e. The highest BCUT2D eigenvalue weighted by Gasteiger charge is 2.20. The molecular formula is C17H23ClN2OS. The fourth-order valence-corrected chi connectivity index (χ4v) is 2.96. The summed E-state index contributed by atoms with van der Waals surface area (Å²) in [6, 6.07) is 13.8. The highest BCUT2D eigenvalue weighted by molar-refractivity contribution is 7.09. The van der Waals surface area contributed by atoms with Crippen molar-refractivity contribution < 1.29 is 4.79 Å². The summed E-state index contributed by atoms with van der Waals surface area (Å²) in [5.41, 5.74) is 7.17. The lowest BCUT2D eigenvalue weighted by Gasteiger charge is -2.27. The van der Waals surface area contributed by atoms with Crippen LogP contribution in [0.25, 0.3) is 0 Å². The summed E-state index contributed by atoms with van der Waals surface area (Å²) in [7, 11) is 0. The summed E-state index contributed by atoms with van der Waals surface area (Å²) in [6.45, 7) is 4.74. The topological polar surface area (TPSA) is 46.3 Å². The Morgan fingerprint density at radius 3 is 2.41 bits per heavy atom. The molecule has 0 saturated heterocycles. The molecule has 1 unspecified atom stereocenters. The van der Waals surface area contributed by atoms with Gasteiger partial charge in [0.1, 0.15) is 0 Å². The van der Waals surface area contributed by atoms with E-state index in [4.69, 9.17) is 5.73 Å². The van der Waals surface area contributed by atoms with Crippen LogP contribution in [0, 0.1) is 0 Å². The zero-order chi connectivity index (χ0) is 15.2. The average Bonchev–Trinajstić information content (AvgIpc) is 2.98. The van der Waals surface area contributed by atoms with Gasteiger partial charge < -0.3 is 10.6 Å². The van der Waals surface area contributed by atoms with Crippen molar-refractivity contribution in [2.45, 2.75) is 38.9 Å². The molecule has 22 heavy (non-hydrogen) atoms. The van der Waals surface area contributed by atoms with Crippen molar-refractivity contribution in [2.24, 2.45) is 5.73 Å². The number of halogens is 1. The van der Waals surface area contributed by atoms with Gasteiger partial charge in [-0.15, -0.1) is 23.7 Å². The lowest BCUT2D eigenvalue weighted by molar-refractivity contribution is -0.133. The van der Waals surface area contributed by atoms with Crippen LogP contribution in [0.5, 0.6) is 0 Å². The second-order valence-corrected chi connectivity index (χ2v) is 6.45. The number of carbonyl (C=O) groups excluding carboxylic acids is 1. The highest BCUT2D eigenvalue weighted by Crippen LogP contribution is 2.19. The summed E-state index contributed by atoms with van der Waals surface area (Å²) in [4.78, 5) is 15.6. The van der Waals surface area contributed by atoms with E-state index in [1.165, 1.54) is 4.88 Å². The Balaban J connectivity index is 0.00000242. The number of amides is 1. The van der Waals surface area contributed by atoms with Crippen molar-refractivity contribution in [3.63, 3.8) is 0 Å². The quantitative estimate of drug-likeness (QED) is 0.865. The van der Waals surface area contributed by atoms with Crippen LogP contribution in [-0.4, -0.2) is 16.8 Å². The first-order valence-electron chi connectivity index (χ1n) is 7.20. The maximum Gasteiger partial charge on any atom is 0.225 e. The Hall–Kier alpha value is -1.36. The zero-order valence-electron chi connectivity index (χ0n) is 12.9. The molecule has 2 rings (SSSR count). The zero-order valence-corrected chi connectivity index (χ0v) is 14.6. The summed E-state index contributed by atoms with van der Waals surface area (Å²) in [5, 5.41) is 2.04. The molecule has 1 aromatic carbocycles. The van der Waals surface area contributed by atoms with E-state index in [1.54, 1.807) is 11.3 Å². The van der Waals surface area contributed by atoms with Gasteiger partial charge in [0, 0.05) is 23.4 Å². The number of benzene rings is 1. The number of thiophene rings is 1. The van der Waals surface area contributed by atoms with E-state index in [-0.39, 0.29) is 30.4 Å². The van der Waals surface area contributed by atoms with Crippen molar-refractivity contribution in [3.8, 4) is 0 Å². The molecule has 1 heterocycles. The predicted octanol–water partition coefficient (Wildman–Crippen LogP) is 4.00. The lowest BCUT2D eigenvalue weighted by atomic mass is 10.0. The third-order valence-electron chi connectivity index (χ3n) is 3.47. The monoisotopic (exact) mass is 338 g/mol. The molecule has 0 aliphatic carbocycles. The smallest absolute Gasteiger partial charge is 0.225 e. The van der Waals surface area contributed by atoms with Crippen molar-refractivity contribution >= 4 is 29.7 Å². The first-order valence-corrected chi connectivity index (χ1v) is 8.08. The van der Waals surface area contributed by atoms with Crippen molar-refractivity contribution in [1.29, 1.82) is 0 Å². The molecule has 0 fully saturated rings. The molecule has 2 aromatic rings. The first kappa shape index (κ1) is 18.7. The molecule has 1 atom stereocenters. The molecule has 0 saturated carbocycles. The van der Waals surface area contributed by atoms with E-state index in [1.807, 2.05) is 60.5 Å². The number of hydrogen-bond acceptors (Lipinski definition) is 3. The van der Waals surface area contributed by atoms with E-state index < -0.39 is 0 Å². The van der Waals surface area contributed by atoms with Gasteiger partial charge in [-0.25, -0.2) is 0 Å². The van der Waals surface area contributed by atoms with Crippen LogP contribution in [0.2, 0.25) is 0 Å². The maximum atomic E-state index is 12.5. The molecule has 0 spiro atoms. The minimum absolute atomic E-state index is 0. The van der Waals surface area contributed by atoms with Gasteiger partial charge in [-0.3, -0.25) is 4.79 Å². The average molecular weight is 339 g/mol. The summed E-state index contributed by atoms with van der Waals surface area (Å²) >= 11 is 1.68. The molecular weight excluding hydrogens is 316 g/mol. The molecule has 0 aliphatic heterocycles. The van der Waals surface area contributed by atoms with Crippen LogP contribution >= 0.6 is 23.7 Å². The van der Waals surface area contributed by atoms with E-state index in [0.29, 0.717) is 13.0 Å². The minimum atomic E-state index is -0.247. The van der Waals surface area contributed by atoms with Crippen LogP contribution in [0.1, 0.15) is 36.8 Å². The molecule has 2 N–H and O–H groups in total. The number of carbonyl (C=O) groups is 1. The van der Waals surface area contributed by atoms with E-state index in [9.17, 15) is 4.79 Å². The Bertz CT molecular complexity index is 557. The lowest BCUT2D eigenvalue weighted by Crippen LogP contribution is -2.37. The highest BCUT2D eigenvalue weighted by atomic mass is 35.5. The fraction of sp³-hybridized carbons (Fsp3) is 0.353. The molecule has 0 bridgehead atoms. The van der Waals surface area contributed by atoms with Crippen molar-refractivity contribution in [1.82, 2.24) is 4.90 Å². The van der Waals surface area contributed by atoms with E-state index in [0.717, 1.165) is 5.56 Å². The number of hydrogen-bond donors (Lipinski definition) is 1. The van der Waals surface area contributed by atoms with E-state index >= 15 is 0 Å². The number of nitrogens with zero attached hydrogens (tertiary/aromatic N) is 1. The standard InChI is InChI=1S/C17H22N2OS.ClH/c1-13(2)19(12-15-9-6-10-21-15)17(20)11-16(18)14-7-4-3-5-8-14;/h3-10,13,16H,11-12,18H2,1-2H3;1H. The van der Waals surface area contributed by atoms with Gasteiger partial charge in [0.15, 0.2) is 0 Å². The second-order valence-electron chi connectivity index (χ2n) is 5.42. The number of rotatable bonds is 6. The largest absolute Gasteiger partial charge is 0.335 e. The Kier molecular flexibility index (Phi) is 7.59. The molecule has 1 amide bonds. The van der Waals surface area contributed by atoms with Crippen molar-refractivity contribution in [3.05, 3.63) is 58.3 Å². The molecule has 0 aliphatic rings. The first-order chi connectivity index (χ1) is 10.1. The molecule has 3 nitrogen and oxygen atoms in total. The fourth-order valence-electron chi connectivity index (χ4n) is 2.25. The van der Waals surface area contributed by atoms with Crippen LogP contribution in [0.3, 0.4) is 0 Å². The third-order valence-corrected chi connectivity index (χ3v) is 4.33. The van der Waals surface area contributed by atoms with Crippen LogP contribution in [0.4, 0.5) is 0 Å². The summed E-state index contributed by atoms with van der Waals surface area (Å²) in [5.74, 6) is 0.106. The molecule has 120 valence electrons. The Labute approximate surface area is 142 Å². The normalized spacial score (nSPS) is 11.8. The van der Waals surface area contributed by atoms with Gasteiger partial charge in [0.05, 0.1) is 6.54 Å². The van der Waals surface area contributed by atoms with Crippen molar-refractivity contribution in [2.75, 3.05) is 0 Å². The van der Waals surface area contributed by atoms with Gasteiger partial charge in [0.25, 0.3) is 0 Å². The SMILES string of the molecule is CC(C)N(Cc1cccs1)C(=O)CC(N)c1ccccc1.Cl. The summed E-state index contributed by atoms with van der Waals surface area (Å²) in [6.07, 6.45) is 0.341. The second kappa shape index (κ2) is 8.93. The maximum absolute atomic E-state index is 12.5. The summed E-state index contributed by atoms with van der Waals surface area (Å²) < 4.78 is 0. The Morgan fingerprint density at radius 1 is 1.18 bits per heavy atom. The van der Waals surface area contributed by atoms with Crippen LogP contribution in [-0.2, 0) is 11.3 Å². The van der Waals surface area contributed by atoms with Gasteiger partial charge in [-0.2, -0.15) is 0 Å². The van der Waals surface area contributed by atoms with E-state index in [2.05, 4.69) is 6.07 Å². The van der Waals surface area contributed by atoms with Crippen LogP contribution in [0.15, 0.2) is 47.8 Å². The van der Waals surface area contributed by atoms with Gasteiger partial charge in [-0.1, -0.05) is 36.4 Å². The third kappa shape index (κ3) is 5.13. The predicted molar refractivity (Wildman–Crippen MR) is 95.2 cm³/mol. The molecule has 1 aromatic heterocycles. The van der Waals surface area contributed by atoms with Gasteiger partial charge in [-0.05, 0) is 30.9 Å². The van der Waals surface area contributed by atoms with Gasteiger partial charge >= 0.3 is 0 Å². The Morgan fingerprint density at radius 2 is 1.86 bits per heavy atom. The molecule has 5 heteroatoms. The van der Waals surface area contributed by atoms with Gasteiger partial charge in [0.2, 0.25) is 5.91 Å².